The van der Waals surface area contributed by atoms with Gasteiger partial charge in [-0.25, -0.2) is 26.4 Å². The van der Waals surface area contributed by atoms with Gasteiger partial charge in [0.05, 0.1) is 29.0 Å². The Labute approximate surface area is 184 Å². The molecule has 1 heterocycles. The summed E-state index contributed by atoms with van der Waals surface area (Å²) >= 11 is 0. The number of hydrogen-bond donors (Lipinski definition) is 2. The molecule has 0 aliphatic carbocycles. The average Bonchev–Trinajstić information content (AvgIpc) is 2.78. The lowest BCUT2D eigenvalue weighted by Crippen LogP contribution is -2.49. The van der Waals surface area contributed by atoms with Crippen LogP contribution in [-0.2, 0) is 29.6 Å². The normalized spacial score (nSPS) is 15.0. The van der Waals surface area contributed by atoms with Crippen LogP contribution in [0.25, 0.3) is 0 Å². The van der Waals surface area contributed by atoms with Crippen molar-refractivity contribution < 1.29 is 36.0 Å². The number of rotatable bonds is 6. The number of carbonyl (C=O) groups excluding carboxylic acids is 3. The molecule has 1 aliphatic heterocycles. The van der Waals surface area contributed by atoms with Gasteiger partial charge < -0.3 is 10.1 Å². The van der Waals surface area contributed by atoms with Crippen LogP contribution in [0.3, 0.4) is 0 Å². The third-order valence-corrected chi connectivity index (χ3v) is 7.74. The summed E-state index contributed by atoms with van der Waals surface area (Å²) in [5.74, 6) is -2.15. The molecule has 0 radical (unpaired) electrons. The molecule has 0 spiro atoms. The lowest BCUT2D eigenvalue weighted by molar-refractivity contribution is -0.122. The van der Waals surface area contributed by atoms with Gasteiger partial charge in [0, 0.05) is 18.7 Å². The SMILES string of the molecule is COC(=O)c1cccc(S(=O)(=O)NC(=O)c2ccc(S(=O)(=O)N3CCNC(=O)C3)cc2)c1. The maximum Gasteiger partial charge on any atom is 0.337 e. The van der Waals surface area contributed by atoms with Gasteiger partial charge in [-0.1, -0.05) is 6.07 Å². The van der Waals surface area contributed by atoms with E-state index in [1.165, 1.54) is 18.2 Å². The van der Waals surface area contributed by atoms with Crippen LogP contribution in [0.5, 0.6) is 0 Å². The van der Waals surface area contributed by atoms with Crippen LogP contribution in [0.15, 0.2) is 58.3 Å². The van der Waals surface area contributed by atoms with Gasteiger partial charge in [-0.3, -0.25) is 9.59 Å². The Balaban J connectivity index is 1.77. The Morgan fingerprint density at radius 1 is 1.00 bits per heavy atom. The highest BCUT2D eigenvalue weighted by molar-refractivity contribution is 7.90. The highest BCUT2D eigenvalue weighted by atomic mass is 32.2. The van der Waals surface area contributed by atoms with E-state index in [9.17, 15) is 31.2 Å². The Hall–Kier alpha value is -3.29. The van der Waals surface area contributed by atoms with E-state index >= 15 is 0 Å². The van der Waals surface area contributed by atoms with Gasteiger partial charge in [-0.05, 0) is 42.5 Å². The van der Waals surface area contributed by atoms with E-state index in [1.807, 2.05) is 4.72 Å². The lowest BCUT2D eigenvalue weighted by atomic mass is 10.2. The number of amides is 2. The number of ether oxygens (including phenoxy) is 1. The molecule has 2 aromatic carbocycles. The van der Waals surface area contributed by atoms with Crippen LogP contribution in [0.2, 0.25) is 0 Å². The molecule has 1 fully saturated rings. The van der Waals surface area contributed by atoms with E-state index in [4.69, 9.17) is 0 Å². The second-order valence-corrected chi connectivity index (χ2v) is 10.3. The minimum Gasteiger partial charge on any atom is -0.465 e. The molecule has 1 aliphatic rings. The zero-order chi connectivity index (χ0) is 23.5. The molecule has 2 N–H and O–H groups in total. The first-order chi connectivity index (χ1) is 15.0. The van der Waals surface area contributed by atoms with Gasteiger partial charge in [0.15, 0.2) is 0 Å². The molecular formula is C19H19N3O8S2. The molecule has 2 amide bonds. The van der Waals surface area contributed by atoms with Crippen molar-refractivity contribution >= 4 is 37.8 Å². The summed E-state index contributed by atoms with van der Waals surface area (Å²) < 4.78 is 57.8. The van der Waals surface area contributed by atoms with Crippen molar-refractivity contribution in [2.45, 2.75) is 9.79 Å². The zero-order valence-electron chi connectivity index (χ0n) is 16.8. The first-order valence-electron chi connectivity index (χ1n) is 9.17. The van der Waals surface area contributed by atoms with Crippen LogP contribution in [0.1, 0.15) is 20.7 Å². The summed E-state index contributed by atoms with van der Waals surface area (Å²) in [5.41, 5.74) is -0.114. The molecule has 1 saturated heterocycles. The van der Waals surface area contributed by atoms with E-state index in [1.54, 1.807) is 0 Å². The summed E-state index contributed by atoms with van der Waals surface area (Å²) in [6, 6.07) is 9.57. The predicted molar refractivity (Wildman–Crippen MR) is 111 cm³/mol. The number of benzene rings is 2. The molecule has 170 valence electrons. The number of carbonyl (C=O) groups is 3. The van der Waals surface area contributed by atoms with E-state index in [-0.39, 0.29) is 40.6 Å². The van der Waals surface area contributed by atoms with Gasteiger partial charge in [0.2, 0.25) is 15.9 Å². The maximum atomic E-state index is 12.7. The monoisotopic (exact) mass is 481 g/mol. The van der Waals surface area contributed by atoms with E-state index in [0.29, 0.717) is 0 Å². The van der Waals surface area contributed by atoms with Crippen molar-refractivity contribution in [2.75, 3.05) is 26.7 Å². The number of methoxy groups -OCH3 is 1. The molecule has 2 aromatic rings. The van der Waals surface area contributed by atoms with Gasteiger partial charge in [-0.15, -0.1) is 0 Å². The van der Waals surface area contributed by atoms with Gasteiger partial charge in [-0.2, -0.15) is 4.31 Å². The summed E-state index contributed by atoms with van der Waals surface area (Å²) in [6.07, 6.45) is 0. The molecule has 0 aromatic heterocycles. The Bertz CT molecular complexity index is 1270. The minimum atomic E-state index is -4.31. The zero-order valence-corrected chi connectivity index (χ0v) is 18.4. The summed E-state index contributed by atoms with van der Waals surface area (Å²) in [6.45, 7) is -0.0137. The molecule has 0 unspecified atom stereocenters. The van der Waals surface area contributed by atoms with Crippen molar-refractivity contribution in [3.05, 3.63) is 59.7 Å². The first-order valence-corrected chi connectivity index (χ1v) is 12.1. The fraction of sp³-hybridized carbons (Fsp3) is 0.211. The van der Waals surface area contributed by atoms with Gasteiger partial charge >= 0.3 is 5.97 Å². The summed E-state index contributed by atoms with van der Waals surface area (Å²) in [5, 5.41) is 2.53. The number of hydrogen-bond acceptors (Lipinski definition) is 8. The standard InChI is InChI=1S/C19H19N3O8S2/c1-30-19(25)14-3-2-4-16(11-14)31(26,27)21-18(24)13-5-7-15(8-6-13)32(28,29)22-10-9-20-17(23)12-22/h2-8,11H,9-10,12H2,1H3,(H,20,23)(H,21,24). The van der Waals surface area contributed by atoms with E-state index in [0.717, 1.165) is 41.7 Å². The largest absolute Gasteiger partial charge is 0.465 e. The van der Waals surface area contributed by atoms with Gasteiger partial charge in [0.25, 0.3) is 15.9 Å². The van der Waals surface area contributed by atoms with Crippen molar-refractivity contribution in [1.82, 2.24) is 14.3 Å². The number of nitrogens with zero attached hydrogens (tertiary/aromatic N) is 1. The van der Waals surface area contributed by atoms with Crippen LogP contribution < -0.4 is 10.0 Å². The van der Waals surface area contributed by atoms with E-state index in [2.05, 4.69) is 10.1 Å². The molecule has 13 heteroatoms. The van der Waals surface area contributed by atoms with Crippen LogP contribution in [0, 0.1) is 0 Å². The molecular weight excluding hydrogens is 462 g/mol. The average molecular weight is 482 g/mol. The Morgan fingerprint density at radius 2 is 1.69 bits per heavy atom. The predicted octanol–water partition coefficient (Wildman–Crippen LogP) is -0.288. The van der Waals surface area contributed by atoms with Gasteiger partial charge in [0.1, 0.15) is 0 Å². The minimum absolute atomic E-state index is 0.0104. The third kappa shape index (κ3) is 4.95. The topological polar surface area (TPSA) is 156 Å². The first kappa shape index (κ1) is 23.4. The van der Waals surface area contributed by atoms with Crippen molar-refractivity contribution in [3.63, 3.8) is 0 Å². The maximum absolute atomic E-state index is 12.7. The number of sulfonamides is 2. The molecule has 0 saturated carbocycles. The third-order valence-electron chi connectivity index (χ3n) is 4.55. The lowest BCUT2D eigenvalue weighted by Gasteiger charge is -2.25. The summed E-state index contributed by atoms with van der Waals surface area (Å²) in [4.78, 5) is 35.0. The second-order valence-electron chi connectivity index (χ2n) is 6.67. The highest BCUT2D eigenvalue weighted by Gasteiger charge is 2.29. The second kappa shape index (κ2) is 9.06. The molecule has 0 atom stereocenters. The molecule has 0 bridgehead atoms. The van der Waals surface area contributed by atoms with Crippen molar-refractivity contribution in [3.8, 4) is 0 Å². The van der Waals surface area contributed by atoms with Crippen LogP contribution >= 0.6 is 0 Å². The van der Waals surface area contributed by atoms with E-state index < -0.39 is 37.8 Å². The van der Waals surface area contributed by atoms with Crippen molar-refractivity contribution in [2.24, 2.45) is 0 Å². The quantitative estimate of drug-likeness (QED) is 0.533. The summed E-state index contributed by atoms with van der Waals surface area (Å²) in [7, 11) is -7.12. The Morgan fingerprint density at radius 3 is 2.31 bits per heavy atom. The number of esters is 1. The van der Waals surface area contributed by atoms with Crippen molar-refractivity contribution in [1.29, 1.82) is 0 Å². The fourth-order valence-corrected chi connectivity index (χ4v) is 5.31. The smallest absolute Gasteiger partial charge is 0.337 e. The Kier molecular flexibility index (Phi) is 6.62. The molecule has 32 heavy (non-hydrogen) atoms. The molecule has 11 nitrogen and oxygen atoms in total. The van der Waals surface area contributed by atoms with Crippen LogP contribution in [0.4, 0.5) is 0 Å². The molecule has 3 rings (SSSR count). The number of piperazine rings is 1. The number of nitrogens with one attached hydrogen (secondary N) is 2. The highest BCUT2D eigenvalue weighted by Crippen LogP contribution is 2.18. The fourth-order valence-electron chi connectivity index (χ4n) is 2.90. The van der Waals surface area contributed by atoms with Crippen LogP contribution in [-0.4, -0.2) is 65.7 Å².